The Morgan fingerprint density at radius 1 is 0.461 bits per heavy atom. The molecule has 76 heavy (non-hydrogen) atoms. The lowest BCUT2D eigenvalue weighted by atomic mass is 10.0. The second-order valence-corrected chi connectivity index (χ2v) is 24.7. The van der Waals surface area contributed by atoms with Crippen molar-refractivity contribution in [2.75, 3.05) is 40.9 Å². The highest BCUT2D eigenvalue weighted by Crippen LogP contribution is 2.43. The first-order chi connectivity index (χ1) is 36.9. The van der Waals surface area contributed by atoms with E-state index in [4.69, 9.17) is 13.8 Å². The molecule has 0 heterocycles. The molecule has 1 amide bonds. The minimum absolute atomic E-state index is 0.0386. The summed E-state index contributed by atoms with van der Waals surface area (Å²) in [6.45, 7) is 6.99. The number of amides is 1. The van der Waals surface area contributed by atoms with Crippen LogP contribution in [0.25, 0.3) is 0 Å². The monoisotopic (exact) mass is 1090 g/mol. The molecule has 0 fully saturated rings. The van der Waals surface area contributed by atoms with Crippen LogP contribution in [-0.2, 0) is 27.9 Å². The second kappa shape index (κ2) is 56.3. The van der Waals surface area contributed by atoms with Crippen LogP contribution in [-0.4, -0.2) is 74.3 Å². The van der Waals surface area contributed by atoms with Crippen LogP contribution >= 0.6 is 7.82 Å². The van der Waals surface area contributed by atoms with Gasteiger partial charge in [-0.15, -0.1) is 0 Å². The molecule has 0 aromatic carbocycles. The first-order valence-electron chi connectivity index (χ1n) is 32.5. The molecule has 0 aliphatic heterocycles. The van der Waals surface area contributed by atoms with Gasteiger partial charge in [0, 0.05) is 12.8 Å². The SMILES string of the molecule is CCCCC/C=C\C/C=C\CCCCCCCCCCCCCCCCCC(=O)OC(/C=C\CCCCCCCCCCCC)C(COP(=O)(O)OCC[N+](C)(C)C)NC(=O)CCCCC/C=C\CCCCCCCC. The first kappa shape index (κ1) is 74.0. The zero-order valence-corrected chi connectivity index (χ0v) is 51.9. The normalized spacial score (nSPS) is 13.9. The summed E-state index contributed by atoms with van der Waals surface area (Å²) in [7, 11) is 1.49. The number of phosphoric acid groups is 1. The third-order valence-electron chi connectivity index (χ3n) is 14.5. The molecular weight excluding hydrogens is 964 g/mol. The smallest absolute Gasteiger partial charge is 0.456 e. The highest BCUT2D eigenvalue weighted by molar-refractivity contribution is 7.47. The summed E-state index contributed by atoms with van der Waals surface area (Å²) in [6, 6.07) is -0.854. The van der Waals surface area contributed by atoms with E-state index in [1.54, 1.807) is 0 Å². The van der Waals surface area contributed by atoms with Gasteiger partial charge in [0.25, 0.3) is 0 Å². The number of hydrogen-bond donors (Lipinski definition) is 2. The number of ether oxygens (including phenoxy) is 1. The number of carbonyl (C=O) groups excluding carboxylic acids is 2. The van der Waals surface area contributed by atoms with Crippen molar-refractivity contribution in [1.82, 2.24) is 5.32 Å². The first-order valence-corrected chi connectivity index (χ1v) is 34.0. The van der Waals surface area contributed by atoms with E-state index in [-0.39, 0.29) is 25.1 Å². The van der Waals surface area contributed by atoms with Crippen LogP contribution in [0.15, 0.2) is 48.6 Å². The summed E-state index contributed by atoms with van der Waals surface area (Å²) in [5.74, 6) is -0.514. The summed E-state index contributed by atoms with van der Waals surface area (Å²) in [5.41, 5.74) is 0. The molecular formula is C66H126N2O7P+. The van der Waals surface area contributed by atoms with Gasteiger partial charge in [0.2, 0.25) is 5.91 Å². The van der Waals surface area contributed by atoms with E-state index >= 15 is 0 Å². The number of unbranched alkanes of at least 4 members (excludes halogenated alkanes) is 37. The van der Waals surface area contributed by atoms with Crippen LogP contribution < -0.4 is 5.32 Å². The summed E-state index contributed by atoms with van der Waals surface area (Å²) < 4.78 is 30.7. The maximum Gasteiger partial charge on any atom is 0.472 e. The van der Waals surface area contributed by atoms with Gasteiger partial charge in [-0.25, -0.2) is 4.57 Å². The number of likely N-dealkylation sites (N-methyl/N-ethyl adjacent to an activating group) is 1. The fourth-order valence-corrected chi connectivity index (χ4v) is 10.2. The molecule has 0 saturated heterocycles. The van der Waals surface area contributed by atoms with Gasteiger partial charge in [0.1, 0.15) is 19.3 Å². The zero-order valence-electron chi connectivity index (χ0n) is 51.0. The number of phosphoric ester groups is 1. The highest BCUT2D eigenvalue weighted by atomic mass is 31.2. The van der Waals surface area contributed by atoms with Crippen molar-refractivity contribution in [1.29, 1.82) is 0 Å². The Hall–Kier alpha value is -2.03. The largest absolute Gasteiger partial charge is 0.472 e. The number of esters is 1. The Balaban J connectivity index is 5.07. The van der Waals surface area contributed by atoms with Gasteiger partial charge in [-0.3, -0.25) is 18.6 Å². The summed E-state index contributed by atoms with van der Waals surface area (Å²) in [6.07, 6.45) is 69.8. The van der Waals surface area contributed by atoms with Gasteiger partial charge >= 0.3 is 13.8 Å². The Morgan fingerprint density at radius 2 is 0.803 bits per heavy atom. The Morgan fingerprint density at radius 3 is 1.24 bits per heavy atom. The van der Waals surface area contributed by atoms with Crippen LogP contribution in [0.3, 0.4) is 0 Å². The molecule has 3 unspecified atom stereocenters. The van der Waals surface area contributed by atoms with E-state index in [0.717, 1.165) is 77.0 Å². The molecule has 0 bridgehead atoms. The number of nitrogens with one attached hydrogen (secondary N) is 1. The van der Waals surface area contributed by atoms with E-state index in [1.807, 2.05) is 33.3 Å². The number of carbonyl (C=O) groups is 2. The van der Waals surface area contributed by atoms with Gasteiger partial charge in [-0.05, 0) is 89.5 Å². The fourth-order valence-electron chi connectivity index (χ4n) is 9.44. The lowest BCUT2D eigenvalue weighted by molar-refractivity contribution is -0.870. The molecule has 0 spiro atoms. The lowest BCUT2D eigenvalue weighted by Crippen LogP contribution is -2.47. The van der Waals surface area contributed by atoms with Crippen LogP contribution in [0, 0.1) is 0 Å². The standard InChI is InChI=1S/C66H125N2O7P/c1-7-10-13-16-19-22-25-28-29-30-31-32-33-34-35-36-37-38-39-41-44-47-50-53-56-59-66(70)75-64(57-54-51-48-45-42-27-24-21-18-15-12-9-3)63(62-74-76(71,72)73-61-60-68(4,5)6)67-65(69)58-55-52-49-46-43-40-26-23-20-17-14-11-8-2/h19,22,28-29,40,43,54,57,63-64H,7-18,20-21,23-27,30-39,41-42,44-53,55-56,58-62H2,1-6H3,(H-,67,69,71,72)/p+1/b22-19-,29-28-,43-40-,57-54-. The molecule has 3 atom stereocenters. The van der Waals surface area contributed by atoms with Crippen molar-refractivity contribution in [3.8, 4) is 0 Å². The van der Waals surface area contributed by atoms with E-state index < -0.39 is 20.0 Å². The Bertz CT molecular complexity index is 1440. The highest BCUT2D eigenvalue weighted by Gasteiger charge is 2.30. The zero-order chi connectivity index (χ0) is 55.7. The van der Waals surface area contributed by atoms with Crippen LogP contribution in [0.4, 0.5) is 0 Å². The van der Waals surface area contributed by atoms with Gasteiger partial charge in [-0.2, -0.15) is 0 Å². The van der Waals surface area contributed by atoms with Crippen molar-refractivity contribution in [3.05, 3.63) is 48.6 Å². The topological polar surface area (TPSA) is 111 Å². The molecule has 2 N–H and O–H groups in total. The molecule has 0 radical (unpaired) electrons. The third kappa shape index (κ3) is 56.7. The molecule has 0 aromatic heterocycles. The minimum Gasteiger partial charge on any atom is -0.456 e. The third-order valence-corrected chi connectivity index (χ3v) is 15.5. The van der Waals surface area contributed by atoms with Gasteiger partial charge < -0.3 is 19.4 Å². The summed E-state index contributed by atoms with van der Waals surface area (Å²) in [4.78, 5) is 37.7. The number of rotatable bonds is 59. The molecule has 0 aromatic rings. The van der Waals surface area contributed by atoms with E-state index in [0.29, 0.717) is 23.9 Å². The summed E-state index contributed by atoms with van der Waals surface area (Å²) >= 11 is 0. The maximum atomic E-state index is 13.5. The second-order valence-electron chi connectivity index (χ2n) is 23.3. The average molecular weight is 1090 g/mol. The van der Waals surface area contributed by atoms with Gasteiger partial charge in [-0.1, -0.05) is 256 Å². The van der Waals surface area contributed by atoms with Crippen molar-refractivity contribution >= 4 is 19.7 Å². The Kier molecular flexibility index (Phi) is 54.7. The molecule has 9 nitrogen and oxygen atoms in total. The number of allylic oxidation sites excluding steroid dienone is 7. The Labute approximate surface area is 471 Å². The van der Waals surface area contributed by atoms with E-state index in [9.17, 15) is 19.0 Å². The maximum absolute atomic E-state index is 13.5. The van der Waals surface area contributed by atoms with E-state index in [2.05, 4.69) is 62.5 Å². The quantitative estimate of drug-likeness (QED) is 0.0205. The van der Waals surface area contributed by atoms with Crippen LogP contribution in [0.5, 0.6) is 0 Å². The molecule has 0 aliphatic rings. The molecule has 446 valence electrons. The number of hydrogen-bond acceptors (Lipinski definition) is 6. The predicted octanol–water partition coefficient (Wildman–Crippen LogP) is 20.1. The number of quaternary nitrogens is 1. The van der Waals surface area contributed by atoms with Crippen molar-refractivity contribution < 1.29 is 37.3 Å². The molecule has 0 aliphatic carbocycles. The lowest BCUT2D eigenvalue weighted by Gasteiger charge is -2.27. The molecule has 0 saturated carbocycles. The predicted molar refractivity (Wildman–Crippen MR) is 328 cm³/mol. The van der Waals surface area contributed by atoms with Crippen LogP contribution in [0.2, 0.25) is 0 Å². The van der Waals surface area contributed by atoms with Crippen molar-refractivity contribution in [3.63, 3.8) is 0 Å². The minimum atomic E-state index is -4.45. The van der Waals surface area contributed by atoms with Crippen LogP contribution in [0.1, 0.15) is 310 Å². The molecule has 10 heteroatoms. The average Bonchev–Trinajstić information content (AvgIpc) is 3.38. The summed E-state index contributed by atoms with van der Waals surface area (Å²) in [5, 5.41) is 3.05. The molecule has 0 rings (SSSR count). The van der Waals surface area contributed by atoms with Crippen molar-refractivity contribution in [2.24, 2.45) is 0 Å². The van der Waals surface area contributed by atoms with E-state index in [1.165, 1.54) is 199 Å². The number of nitrogens with zero attached hydrogens (tertiary/aromatic N) is 1. The fraction of sp³-hybridized carbons (Fsp3) is 0.848. The van der Waals surface area contributed by atoms with Crippen molar-refractivity contribution in [2.45, 2.75) is 322 Å². The van der Waals surface area contributed by atoms with Gasteiger partial charge in [0.15, 0.2) is 0 Å². The van der Waals surface area contributed by atoms with Gasteiger partial charge in [0.05, 0.1) is 33.8 Å².